The molecule has 5 heteroatoms. The first-order valence-corrected chi connectivity index (χ1v) is 8.73. The van der Waals surface area contributed by atoms with Gasteiger partial charge in [-0.25, -0.2) is 0 Å². The largest absolute Gasteiger partial charge is 0.392 e. The predicted octanol–water partition coefficient (Wildman–Crippen LogP) is 0.810. The first-order chi connectivity index (χ1) is 10.8. The summed E-state index contributed by atoms with van der Waals surface area (Å²) in [4.78, 5) is 13.1. The fourth-order valence-electron chi connectivity index (χ4n) is 5.47. The van der Waals surface area contributed by atoms with Gasteiger partial charge in [0.25, 0.3) is 0 Å². The quantitative estimate of drug-likeness (QED) is 0.575. The van der Waals surface area contributed by atoms with Gasteiger partial charge >= 0.3 is 0 Å². The molecule has 0 spiro atoms. The third-order valence-corrected chi connectivity index (χ3v) is 7.18. The molecule has 1 saturated heterocycles. The van der Waals surface area contributed by atoms with Gasteiger partial charge in [-0.3, -0.25) is 4.79 Å². The van der Waals surface area contributed by atoms with Crippen molar-refractivity contribution in [1.29, 1.82) is 0 Å². The van der Waals surface area contributed by atoms with Gasteiger partial charge in [-0.2, -0.15) is 0 Å². The summed E-state index contributed by atoms with van der Waals surface area (Å²) >= 11 is 0. The van der Waals surface area contributed by atoms with E-state index in [9.17, 15) is 20.1 Å². The summed E-state index contributed by atoms with van der Waals surface area (Å²) in [5.41, 5.74) is 0.494. The summed E-state index contributed by atoms with van der Waals surface area (Å²) in [5, 5.41) is 31.7. The monoisotopic (exact) mass is 322 g/mol. The van der Waals surface area contributed by atoms with E-state index in [0.717, 1.165) is 12.0 Å². The van der Waals surface area contributed by atoms with Gasteiger partial charge in [0.15, 0.2) is 5.78 Å². The Hall–Kier alpha value is -0.750. The molecule has 3 N–H and O–H groups in total. The van der Waals surface area contributed by atoms with E-state index in [1.165, 1.54) is 0 Å². The summed E-state index contributed by atoms with van der Waals surface area (Å²) < 4.78 is 5.58. The van der Waals surface area contributed by atoms with Crippen molar-refractivity contribution in [3.8, 4) is 0 Å². The van der Waals surface area contributed by atoms with Crippen LogP contribution in [0.1, 0.15) is 39.5 Å². The Bertz CT molecular complexity index is 570. The summed E-state index contributed by atoms with van der Waals surface area (Å²) in [7, 11) is 0. The van der Waals surface area contributed by atoms with E-state index in [2.05, 4.69) is 0 Å². The zero-order valence-corrected chi connectivity index (χ0v) is 13.7. The molecule has 2 saturated carbocycles. The predicted molar refractivity (Wildman–Crippen MR) is 82.5 cm³/mol. The van der Waals surface area contributed by atoms with Crippen molar-refractivity contribution in [1.82, 2.24) is 0 Å². The van der Waals surface area contributed by atoms with Crippen molar-refractivity contribution >= 4 is 5.78 Å². The van der Waals surface area contributed by atoms with E-state index in [0.29, 0.717) is 31.4 Å². The highest BCUT2D eigenvalue weighted by molar-refractivity contribution is 5.92. The minimum atomic E-state index is -1.20. The van der Waals surface area contributed by atoms with E-state index >= 15 is 0 Å². The molecular formula is C18H26O5. The standard InChI is InChI=1S/C18H26O5/c1-8-10-3-9(5-13(8)19)4-12-11-7-23-14(11)6-15(20)18(12,2)17(22)16(10)21/h9,11-16,19-21H,3-7H2,1-2H3/t9?,11?,12?,13?,14?,15-,16+,18-/m0/s1. The molecule has 4 aliphatic rings. The van der Waals surface area contributed by atoms with Crippen molar-refractivity contribution in [2.45, 2.75) is 63.9 Å². The molecular weight excluding hydrogens is 296 g/mol. The first kappa shape index (κ1) is 15.8. The number of ether oxygens (including phenoxy) is 1. The SMILES string of the molecule is CC1=C2CC(CC1O)CC1C3COC3C[C@H](O)[C@@]1(C)C(=O)[C@@H]2O. The Balaban J connectivity index is 1.79. The minimum absolute atomic E-state index is 0.0179. The number of carbonyl (C=O) groups is 1. The molecule has 0 amide bonds. The molecule has 4 rings (SSSR count). The highest BCUT2D eigenvalue weighted by atomic mass is 16.5. The van der Waals surface area contributed by atoms with E-state index in [4.69, 9.17) is 4.74 Å². The molecule has 0 aromatic heterocycles. The lowest BCUT2D eigenvalue weighted by molar-refractivity contribution is -0.228. The summed E-state index contributed by atoms with van der Waals surface area (Å²) in [6.07, 6.45) is 0.128. The van der Waals surface area contributed by atoms with Gasteiger partial charge in [-0.1, -0.05) is 0 Å². The molecule has 8 atom stereocenters. The van der Waals surface area contributed by atoms with Crippen LogP contribution in [0, 0.1) is 23.2 Å². The van der Waals surface area contributed by atoms with Crippen molar-refractivity contribution in [2.24, 2.45) is 23.2 Å². The van der Waals surface area contributed by atoms with Crippen LogP contribution >= 0.6 is 0 Å². The Labute approximate surface area is 136 Å². The maximum Gasteiger partial charge on any atom is 0.174 e. The number of ketones is 1. The highest BCUT2D eigenvalue weighted by Gasteiger charge is 2.61. The second-order valence-electron chi connectivity index (χ2n) is 8.21. The van der Waals surface area contributed by atoms with Crippen LogP contribution in [-0.2, 0) is 9.53 Å². The maximum absolute atomic E-state index is 13.1. The van der Waals surface area contributed by atoms with Crippen LogP contribution in [0.2, 0.25) is 0 Å². The molecule has 1 aliphatic heterocycles. The number of hydrogen-bond donors (Lipinski definition) is 3. The van der Waals surface area contributed by atoms with Crippen LogP contribution in [0.3, 0.4) is 0 Å². The molecule has 5 unspecified atom stereocenters. The zero-order valence-electron chi connectivity index (χ0n) is 13.7. The second kappa shape index (κ2) is 5.12. The summed E-state index contributed by atoms with van der Waals surface area (Å²) in [6, 6.07) is 0. The smallest absolute Gasteiger partial charge is 0.174 e. The van der Waals surface area contributed by atoms with Crippen LogP contribution < -0.4 is 0 Å². The Morgan fingerprint density at radius 2 is 1.91 bits per heavy atom. The topological polar surface area (TPSA) is 87.0 Å². The van der Waals surface area contributed by atoms with Gasteiger partial charge in [0.05, 0.1) is 30.3 Å². The van der Waals surface area contributed by atoms with Crippen LogP contribution in [-0.4, -0.2) is 52.1 Å². The Morgan fingerprint density at radius 1 is 1.17 bits per heavy atom. The molecule has 3 aliphatic carbocycles. The molecule has 0 aromatic carbocycles. The lowest BCUT2D eigenvalue weighted by atomic mass is 9.52. The normalized spacial score (nSPS) is 52.9. The van der Waals surface area contributed by atoms with E-state index < -0.39 is 23.7 Å². The van der Waals surface area contributed by atoms with Crippen LogP contribution in [0.5, 0.6) is 0 Å². The number of carbonyl (C=O) groups excluding carboxylic acids is 1. The third-order valence-electron chi connectivity index (χ3n) is 7.18. The average Bonchev–Trinajstić information content (AvgIpc) is 2.49. The van der Waals surface area contributed by atoms with E-state index in [-0.39, 0.29) is 29.6 Å². The summed E-state index contributed by atoms with van der Waals surface area (Å²) in [6.45, 7) is 4.27. The van der Waals surface area contributed by atoms with Crippen molar-refractivity contribution in [3.05, 3.63) is 11.1 Å². The van der Waals surface area contributed by atoms with Gasteiger partial charge < -0.3 is 20.1 Å². The number of hydrogen-bond acceptors (Lipinski definition) is 5. The fourth-order valence-corrected chi connectivity index (χ4v) is 5.47. The number of fused-ring (bicyclic) bond motifs is 5. The molecule has 0 aromatic rings. The Morgan fingerprint density at radius 3 is 2.57 bits per heavy atom. The molecule has 2 bridgehead atoms. The zero-order chi connectivity index (χ0) is 16.5. The van der Waals surface area contributed by atoms with Crippen molar-refractivity contribution in [2.75, 3.05) is 6.61 Å². The lowest BCUT2D eigenvalue weighted by Gasteiger charge is -2.58. The molecule has 128 valence electrons. The van der Waals surface area contributed by atoms with Crippen LogP contribution in [0.15, 0.2) is 11.1 Å². The molecule has 3 fully saturated rings. The lowest BCUT2D eigenvalue weighted by Crippen LogP contribution is -2.64. The first-order valence-electron chi connectivity index (χ1n) is 8.73. The number of rotatable bonds is 0. The van der Waals surface area contributed by atoms with Crippen molar-refractivity contribution in [3.63, 3.8) is 0 Å². The molecule has 5 nitrogen and oxygen atoms in total. The van der Waals surface area contributed by atoms with Gasteiger partial charge in [0, 0.05) is 12.3 Å². The molecule has 23 heavy (non-hydrogen) atoms. The maximum atomic E-state index is 13.1. The van der Waals surface area contributed by atoms with Crippen LogP contribution in [0.25, 0.3) is 0 Å². The number of aliphatic hydroxyl groups is 3. The van der Waals surface area contributed by atoms with Gasteiger partial charge in [-0.15, -0.1) is 0 Å². The van der Waals surface area contributed by atoms with Gasteiger partial charge in [0.1, 0.15) is 6.10 Å². The van der Waals surface area contributed by atoms with Crippen molar-refractivity contribution < 1.29 is 24.9 Å². The molecule has 0 radical (unpaired) electrons. The highest BCUT2D eigenvalue weighted by Crippen LogP contribution is 2.55. The fraction of sp³-hybridized carbons (Fsp3) is 0.833. The second-order valence-corrected chi connectivity index (χ2v) is 8.21. The summed E-state index contributed by atoms with van der Waals surface area (Å²) in [5.74, 6) is 0.277. The third kappa shape index (κ3) is 2.03. The number of Topliss-reactive ketones (excluding diaryl/α,β-unsaturated/α-hetero) is 1. The van der Waals surface area contributed by atoms with Gasteiger partial charge in [0.2, 0.25) is 0 Å². The number of aliphatic hydroxyl groups excluding tert-OH is 3. The van der Waals surface area contributed by atoms with E-state index in [1.807, 2.05) is 6.92 Å². The molecule has 1 heterocycles. The Kier molecular flexibility index (Phi) is 3.51. The van der Waals surface area contributed by atoms with Crippen LogP contribution in [0.4, 0.5) is 0 Å². The average molecular weight is 322 g/mol. The van der Waals surface area contributed by atoms with E-state index in [1.54, 1.807) is 6.92 Å². The minimum Gasteiger partial charge on any atom is -0.392 e. The van der Waals surface area contributed by atoms with Gasteiger partial charge in [-0.05, 0) is 56.1 Å².